The molecule has 1 saturated heterocycles. The monoisotopic (exact) mass is 377 g/mol. The minimum atomic E-state index is -1.10. The van der Waals surface area contributed by atoms with Crippen LogP contribution in [-0.4, -0.2) is 29.5 Å². The van der Waals surface area contributed by atoms with Crippen molar-refractivity contribution in [3.05, 3.63) is 58.0 Å². The smallest absolute Gasteiger partial charge is 0.164 e. The molecule has 6 heteroatoms. The van der Waals surface area contributed by atoms with Crippen LogP contribution in [0.3, 0.4) is 0 Å². The Morgan fingerprint density at radius 1 is 1.11 bits per heavy atom. The van der Waals surface area contributed by atoms with Gasteiger partial charge < -0.3 is 10.6 Å². The predicted octanol–water partition coefficient (Wildman–Crippen LogP) is 4.20. The predicted molar refractivity (Wildman–Crippen MR) is 101 cm³/mol. The van der Waals surface area contributed by atoms with E-state index in [1.807, 2.05) is 20.0 Å². The van der Waals surface area contributed by atoms with Gasteiger partial charge in [-0.15, -0.1) is 0 Å². The van der Waals surface area contributed by atoms with E-state index in [0.717, 1.165) is 37.4 Å². The summed E-state index contributed by atoms with van der Waals surface area (Å²) >= 11 is 0. The second-order valence-electron chi connectivity index (χ2n) is 7.50. The molecule has 0 bridgehead atoms. The molecule has 1 fully saturated rings. The number of rotatable bonds is 6. The molecule has 0 spiro atoms. The maximum atomic E-state index is 14.9. The molecule has 2 aromatic rings. The number of hydrogen-bond acceptors (Lipinski definition) is 3. The Kier molecular flexibility index (Phi) is 6.05. The molecule has 1 aromatic carbocycles. The number of aryl methyl sites for hydroxylation is 3. The lowest BCUT2D eigenvalue weighted by Crippen LogP contribution is -2.25. The number of likely N-dealkylation sites (tertiary alicyclic amines) is 1. The Bertz CT molecular complexity index is 803. The third kappa shape index (κ3) is 4.61. The van der Waals surface area contributed by atoms with Crippen LogP contribution in [0.5, 0.6) is 0 Å². The van der Waals surface area contributed by atoms with Crippen molar-refractivity contribution in [1.82, 2.24) is 9.88 Å². The molecule has 2 heterocycles. The number of nitrogens with two attached hydrogens (primary N) is 1. The van der Waals surface area contributed by atoms with Gasteiger partial charge in [-0.1, -0.05) is 0 Å². The standard InChI is InChI=1S/C21H26F3N3/c1-13-10-15(26-19(25)11-13)6-8-17-20(23)14(12-18(22)21(17)24)5-7-16-4-3-9-27(16)2/h10-12,16H,3-9H2,1-2H3,(H2,25,26)/t16-/m1/s1. The lowest BCUT2D eigenvalue weighted by molar-refractivity contribution is 0.295. The minimum absolute atomic E-state index is 0.0433. The minimum Gasteiger partial charge on any atom is -0.384 e. The molecular formula is C21H26F3N3. The van der Waals surface area contributed by atoms with Gasteiger partial charge in [0.2, 0.25) is 0 Å². The maximum absolute atomic E-state index is 14.9. The Morgan fingerprint density at radius 3 is 2.56 bits per heavy atom. The molecule has 1 aliphatic heterocycles. The molecule has 0 radical (unpaired) electrons. The number of pyridine rings is 1. The van der Waals surface area contributed by atoms with Crippen LogP contribution in [-0.2, 0) is 19.3 Å². The molecule has 0 aliphatic carbocycles. The number of nitrogen functional groups attached to an aromatic ring is 1. The molecule has 1 aromatic heterocycles. The van der Waals surface area contributed by atoms with E-state index in [1.165, 1.54) is 0 Å². The highest BCUT2D eigenvalue weighted by atomic mass is 19.2. The molecule has 1 atom stereocenters. The fourth-order valence-corrected chi connectivity index (χ4v) is 3.93. The van der Waals surface area contributed by atoms with Crippen LogP contribution in [0.15, 0.2) is 18.2 Å². The Balaban J connectivity index is 1.76. The highest BCUT2D eigenvalue weighted by Crippen LogP contribution is 2.26. The topological polar surface area (TPSA) is 42.1 Å². The first-order valence-corrected chi connectivity index (χ1v) is 9.43. The second-order valence-corrected chi connectivity index (χ2v) is 7.50. The molecule has 27 heavy (non-hydrogen) atoms. The molecule has 1 aliphatic rings. The lowest BCUT2D eigenvalue weighted by Gasteiger charge is -2.19. The molecule has 0 amide bonds. The van der Waals surface area contributed by atoms with E-state index in [-0.39, 0.29) is 17.5 Å². The van der Waals surface area contributed by atoms with Gasteiger partial charge in [-0.05, 0) is 88.4 Å². The van der Waals surface area contributed by atoms with Crippen LogP contribution >= 0.6 is 0 Å². The number of aromatic nitrogens is 1. The number of halogens is 3. The molecule has 0 saturated carbocycles. The highest BCUT2D eigenvalue weighted by Gasteiger charge is 2.23. The van der Waals surface area contributed by atoms with Gasteiger partial charge in [0.25, 0.3) is 0 Å². The van der Waals surface area contributed by atoms with E-state index in [2.05, 4.69) is 9.88 Å². The summed E-state index contributed by atoms with van der Waals surface area (Å²) in [5.74, 6) is -2.35. The fraction of sp³-hybridized carbons (Fsp3) is 0.476. The number of hydrogen-bond donors (Lipinski definition) is 1. The van der Waals surface area contributed by atoms with Crippen molar-refractivity contribution in [3.63, 3.8) is 0 Å². The van der Waals surface area contributed by atoms with Gasteiger partial charge in [-0.3, -0.25) is 0 Å². The van der Waals surface area contributed by atoms with E-state index < -0.39 is 17.5 Å². The lowest BCUT2D eigenvalue weighted by atomic mass is 9.97. The average molecular weight is 377 g/mol. The summed E-state index contributed by atoms with van der Waals surface area (Å²) in [5, 5.41) is 0. The Hall–Kier alpha value is -2.08. The Morgan fingerprint density at radius 2 is 1.89 bits per heavy atom. The van der Waals surface area contributed by atoms with Crippen molar-refractivity contribution >= 4 is 5.82 Å². The first kappa shape index (κ1) is 19.7. The van der Waals surface area contributed by atoms with Gasteiger partial charge in [0.1, 0.15) is 11.6 Å². The largest absolute Gasteiger partial charge is 0.384 e. The average Bonchev–Trinajstić information content (AvgIpc) is 3.01. The van der Waals surface area contributed by atoms with Crippen LogP contribution in [0.25, 0.3) is 0 Å². The van der Waals surface area contributed by atoms with Gasteiger partial charge in [0.15, 0.2) is 11.6 Å². The number of nitrogens with zero attached hydrogens (tertiary/aromatic N) is 2. The third-order valence-corrected chi connectivity index (χ3v) is 5.41. The van der Waals surface area contributed by atoms with Gasteiger partial charge >= 0.3 is 0 Å². The summed E-state index contributed by atoms with van der Waals surface area (Å²) in [6, 6.07) is 4.93. The first-order chi connectivity index (χ1) is 12.8. The van der Waals surface area contributed by atoms with E-state index in [0.29, 0.717) is 30.4 Å². The van der Waals surface area contributed by atoms with Crippen LogP contribution in [0.1, 0.15) is 41.6 Å². The van der Waals surface area contributed by atoms with Crippen molar-refractivity contribution in [2.75, 3.05) is 19.3 Å². The van der Waals surface area contributed by atoms with E-state index in [9.17, 15) is 13.2 Å². The van der Waals surface area contributed by atoms with E-state index in [1.54, 1.807) is 6.07 Å². The SMILES string of the molecule is Cc1cc(N)nc(CCc2c(F)c(F)cc(CC[C@H]3CCCN3C)c2F)c1. The summed E-state index contributed by atoms with van der Waals surface area (Å²) in [5.41, 5.74) is 7.35. The summed E-state index contributed by atoms with van der Waals surface area (Å²) in [7, 11) is 2.05. The second kappa shape index (κ2) is 8.30. The van der Waals surface area contributed by atoms with Crippen molar-refractivity contribution in [2.45, 2.75) is 51.5 Å². The number of benzene rings is 1. The van der Waals surface area contributed by atoms with Crippen LogP contribution in [0.2, 0.25) is 0 Å². The van der Waals surface area contributed by atoms with Crippen LogP contribution < -0.4 is 5.73 Å². The van der Waals surface area contributed by atoms with Gasteiger partial charge in [-0.2, -0.15) is 0 Å². The van der Waals surface area contributed by atoms with Gasteiger partial charge in [-0.25, -0.2) is 18.2 Å². The summed E-state index contributed by atoms with van der Waals surface area (Å²) in [6.07, 6.45) is 3.68. The molecule has 0 unspecified atom stereocenters. The van der Waals surface area contributed by atoms with Crippen molar-refractivity contribution in [3.8, 4) is 0 Å². The van der Waals surface area contributed by atoms with Crippen molar-refractivity contribution in [2.24, 2.45) is 0 Å². The first-order valence-electron chi connectivity index (χ1n) is 9.43. The normalized spacial score (nSPS) is 17.6. The van der Waals surface area contributed by atoms with E-state index in [4.69, 9.17) is 5.73 Å². The van der Waals surface area contributed by atoms with Crippen molar-refractivity contribution < 1.29 is 13.2 Å². The molecular weight excluding hydrogens is 351 g/mol. The van der Waals surface area contributed by atoms with Crippen LogP contribution in [0, 0.1) is 24.4 Å². The zero-order valence-electron chi connectivity index (χ0n) is 15.9. The van der Waals surface area contributed by atoms with Gasteiger partial charge in [0.05, 0.1) is 0 Å². The number of anilines is 1. The fourth-order valence-electron chi connectivity index (χ4n) is 3.93. The zero-order chi connectivity index (χ0) is 19.6. The molecule has 146 valence electrons. The van der Waals surface area contributed by atoms with E-state index >= 15 is 0 Å². The summed E-state index contributed by atoms with van der Waals surface area (Å²) < 4.78 is 43.2. The summed E-state index contributed by atoms with van der Waals surface area (Å²) in [6.45, 7) is 2.91. The van der Waals surface area contributed by atoms with Crippen molar-refractivity contribution in [1.29, 1.82) is 0 Å². The molecule has 3 nitrogen and oxygen atoms in total. The van der Waals surface area contributed by atoms with Crippen LogP contribution in [0.4, 0.5) is 19.0 Å². The molecule has 2 N–H and O–H groups in total. The quantitative estimate of drug-likeness (QED) is 0.767. The zero-order valence-corrected chi connectivity index (χ0v) is 15.9. The maximum Gasteiger partial charge on any atom is 0.164 e. The third-order valence-electron chi connectivity index (χ3n) is 5.41. The molecule has 3 rings (SSSR count). The van der Waals surface area contributed by atoms with Gasteiger partial charge in [0, 0.05) is 17.3 Å². The summed E-state index contributed by atoms with van der Waals surface area (Å²) in [4.78, 5) is 6.43. The highest BCUT2D eigenvalue weighted by molar-refractivity contribution is 5.35. The Labute approximate surface area is 158 Å².